The molecule has 3 heteroatoms. The third-order valence-electron chi connectivity index (χ3n) is 2.35. The lowest BCUT2D eigenvalue weighted by Gasteiger charge is -2.12. The number of benzene rings is 1. The summed E-state index contributed by atoms with van der Waals surface area (Å²) in [5.74, 6) is -1.49. The molecule has 1 aromatic carbocycles. The Kier molecular flexibility index (Phi) is 5.14. The van der Waals surface area contributed by atoms with Crippen molar-refractivity contribution in [2.45, 2.75) is 13.3 Å². The van der Waals surface area contributed by atoms with Crippen molar-refractivity contribution in [3.63, 3.8) is 0 Å². The van der Waals surface area contributed by atoms with Crippen molar-refractivity contribution >= 4 is 11.8 Å². The zero-order valence-electron chi connectivity index (χ0n) is 9.89. The highest BCUT2D eigenvalue weighted by molar-refractivity contribution is 6.08. The Bertz CT molecular complexity index is 395. The maximum absolute atomic E-state index is 12.1. The van der Waals surface area contributed by atoms with Gasteiger partial charge >= 0.3 is 5.97 Å². The van der Waals surface area contributed by atoms with Gasteiger partial charge in [-0.3, -0.25) is 9.59 Å². The number of allylic oxidation sites excluding steroid dienone is 1. The van der Waals surface area contributed by atoms with Gasteiger partial charge in [0.1, 0.15) is 5.92 Å². The van der Waals surface area contributed by atoms with Crippen molar-refractivity contribution in [1.29, 1.82) is 0 Å². The highest BCUT2D eigenvalue weighted by Crippen LogP contribution is 2.14. The van der Waals surface area contributed by atoms with Crippen LogP contribution in [0.15, 0.2) is 43.0 Å². The summed E-state index contributed by atoms with van der Waals surface area (Å²) >= 11 is 0. The highest BCUT2D eigenvalue weighted by atomic mass is 16.5. The summed E-state index contributed by atoms with van der Waals surface area (Å²) < 4.78 is 4.89. The van der Waals surface area contributed by atoms with Crippen molar-refractivity contribution in [3.8, 4) is 0 Å². The van der Waals surface area contributed by atoms with Crippen molar-refractivity contribution in [2.24, 2.45) is 5.92 Å². The minimum absolute atomic E-state index is 0.219. The zero-order valence-corrected chi connectivity index (χ0v) is 9.89. The van der Waals surface area contributed by atoms with Gasteiger partial charge < -0.3 is 4.74 Å². The van der Waals surface area contributed by atoms with E-state index in [-0.39, 0.29) is 12.4 Å². The van der Waals surface area contributed by atoms with Gasteiger partial charge in [-0.1, -0.05) is 36.4 Å². The lowest BCUT2D eigenvalue weighted by atomic mass is 9.95. The van der Waals surface area contributed by atoms with Crippen LogP contribution in [0.4, 0.5) is 0 Å². The normalized spacial score (nSPS) is 11.6. The second kappa shape index (κ2) is 6.63. The van der Waals surface area contributed by atoms with E-state index >= 15 is 0 Å². The quantitative estimate of drug-likeness (QED) is 0.328. The van der Waals surface area contributed by atoms with E-state index in [2.05, 4.69) is 6.58 Å². The zero-order chi connectivity index (χ0) is 12.7. The molecule has 17 heavy (non-hydrogen) atoms. The minimum atomic E-state index is -0.783. The third kappa shape index (κ3) is 3.55. The molecule has 0 aliphatic carbocycles. The SMILES string of the molecule is C=CCC(C(=O)OCC)C(=O)c1ccccc1. The first-order valence-electron chi connectivity index (χ1n) is 5.57. The number of ketones is 1. The van der Waals surface area contributed by atoms with E-state index in [1.165, 1.54) is 0 Å². The number of hydrogen-bond acceptors (Lipinski definition) is 3. The van der Waals surface area contributed by atoms with E-state index in [0.29, 0.717) is 12.0 Å². The van der Waals surface area contributed by atoms with Crippen LogP contribution >= 0.6 is 0 Å². The molecule has 1 atom stereocenters. The minimum Gasteiger partial charge on any atom is -0.465 e. The first kappa shape index (κ1) is 13.2. The fourth-order valence-corrected chi connectivity index (χ4v) is 1.52. The van der Waals surface area contributed by atoms with Crippen molar-refractivity contribution < 1.29 is 14.3 Å². The van der Waals surface area contributed by atoms with Crippen LogP contribution in [-0.4, -0.2) is 18.4 Å². The second-order valence-corrected chi connectivity index (χ2v) is 3.56. The first-order valence-corrected chi connectivity index (χ1v) is 5.57. The van der Waals surface area contributed by atoms with Gasteiger partial charge in [0.15, 0.2) is 5.78 Å². The molecule has 0 heterocycles. The molecule has 1 rings (SSSR count). The number of esters is 1. The molecule has 1 unspecified atom stereocenters. The van der Waals surface area contributed by atoms with E-state index < -0.39 is 11.9 Å². The van der Waals surface area contributed by atoms with Gasteiger partial charge in [-0.05, 0) is 13.3 Å². The molecule has 0 aliphatic heterocycles. The molecule has 0 aromatic heterocycles. The molecule has 1 aromatic rings. The fourth-order valence-electron chi connectivity index (χ4n) is 1.52. The fraction of sp³-hybridized carbons (Fsp3) is 0.286. The maximum Gasteiger partial charge on any atom is 0.317 e. The summed E-state index contributed by atoms with van der Waals surface area (Å²) in [4.78, 5) is 23.8. The summed E-state index contributed by atoms with van der Waals surface area (Å²) in [7, 11) is 0. The van der Waals surface area contributed by atoms with E-state index in [0.717, 1.165) is 0 Å². The van der Waals surface area contributed by atoms with Gasteiger partial charge in [0.2, 0.25) is 0 Å². The predicted octanol–water partition coefficient (Wildman–Crippen LogP) is 2.62. The Hall–Kier alpha value is -1.90. The van der Waals surface area contributed by atoms with Crippen LogP contribution < -0.4 is 0 Å². The monoisotopic (exact) mass is 232 g/mol. The molecule has 0 radical (unpaired) electrons. The van der Waals surface area contributed by atoms with Crippen LogP contribution in [0.2, 0.25) is 0 Å². The number of rotatable bonds is 6. The molecule has 0 amide bonds. The number of Topliss-reactive ketones (excluding diaryl/α,β-unsaturated/α-hetero) is 1. The van der Waals surface area contributed by atoms with E-state index in [4.69, 9.17) is 4.74 Å². The van der Waals surface area contributed by atoms with Crippen LogP contribution in [0.1, 0.15) is 23.7 Å². The molecule has 0 bridgehead atoms. The van der Waals surface area contributed by atoms with Crippen molar-refractivity contribution in [3.05, 3.63) is 48.6 Å². The summed E-state index contributed by atoms with van der Waals surface area (Å²) in [6.45, 7) is 5.55. The number of carbonyl (C=O) groups excluding carboxylic acids is 2. The van der Waals surface area contributed by atoms with Crippen LogP contribution in [0.5, 0.6) is 0 Å². The molecule has 3 nitrogen and oxygen atoms in total. The molecule has 0 aliphatic rings. The number of carbonyl (C=O) groups is 2. The summed E-state index contributed by atoms with van der Waals surface area (Å²) in [5, 5.41) is 0. The molecule has 0 saturated heterocycles. The number of ether oxygens (including phenoxy) is 1. The lowest BCUT2D eigenvalue weighted by molar-refractivity contribution is -0.146. The summed E-state index contributed by atoms with van der Waals surface area (Å²) in [6.07, 6.45) is 1.86. The van der Waals surface area contributed by atoms with Crippen molar-refractivity contribution in [2.75, 3.05) is 6.61 Å². The highest BCUT2D eigenvalue weighted by Gasteiger charge is 2.27. The Balaban J connectivity index is 2.87. The van der Waals surface area contributed by atoms with Gasteiger partial charge in [-0.15, -0.1) is 6.58 Å². The van der Waals surface area contributed by atoms with E-state index in [9.17, 15) is 9.59 Å². The average molecular weight is 232 g/mol. The topological polar surface area (TPSA) is 43.4 Å². The Morgan fingerprint density at radius 1 is 1.35 bits per heavy atom. The average Bonchev–Trinajstić information content (AvgIpc) is 2.36. The Morgan fingerprint density at radius 3 is 2.53 bits per heavy atom. The van der Waals surface area contributed by atoms with Crippen LogP contribution in [0.3, 0.4) is 0 Å². The van der Waals surface area contributed by atoms with Crippen LogP contribution in [-0.2, 0) is 9.53 Å². The van der Waals surface area contributed by atoms with E-state index in [1.54, 1.807) is 37.3 Å². The molecule has 0 saturated carbocycles. The van der Waals surface area contributed by atoms with Gasteiger partial charge in [0.25, 0.3) is 0 Å². The predicted molar refractivity (Wildman–Crippen MR) is 65.7 cm³/mol. The molecule has 0 fully saturated rings. The largest absolute Gasteiger partial charge is 0.465 e. The maximum atomic E-state index is 12.1. The van der Waals surface area contributed by atoms with Crippen LogP contribution in [0, 0.1) is 5.92 Å². The van der Waals surface area contributed by atoms with E-state index in [1.807, 2.05) is 6.07 Å². The lowest BCUT2D eigenvalue weighted by Crippen LogP contribution is -2.25. The third-order valence-corrected chi connectivity index (χ3v) is 2.35. The number of hydrogen-bond donors (Lipinski definition) is 0. The molecule has 0 spiro atoms. The molecular weight excluding hydrogens is 216 g/mol. The standard InChI is InChI=1S/C14H16O3/c1-3-8-12(14(16)17-4-2)13(15)11-9-6-5-7-10-11/h3,5-7,9-10,12H,1,4,8H2,2H3. The van der Waals surface area contributed by atoms with Gasteiger partial charge in [0.05, 0.1) is 6.61 Å². The van der Waals surface area contributed by atoms with Crippen LogP contribution in [0.25, 0.3) is 0 Å². The van der Waals surface area contributed by atoms with Gasteiger partial charge in [-0.25, -0.2) is 0 Å². The smallest absolute Gasteiger partial charge is 0.317 e. The van der Waals surface area contributed by atoms with Gasteiger partial charge in [0, 0.05) is 5.56 Å². The summed E-state index contributed by atoms with van der Waals surface area (Å²) in [6, 6.07) is 8.74. The molecule has 0 N–H and O–H groups in total. The van der Waals surface area contributed by atoms with Gasteiger partial charge in [-0.2, -0.15) is 0 Å². The molecular formula is C14H16O3. The van der Waals surface area contributed by atoms with Crippen molar-refractivity contribution in [1.82, 2.24) is 0 Å². The Labute approximate surface area is 101 Å². The second-order valence-electron chi connectivity index (χ2n) is 3.56. The molecule has 90 valence electrons. The summed E-state index contributed by atoms with van der Waals surface area (Å²) in [5.41, 5.74) is 0.521. The first-order chi connectivity index (χ1) is 8.20. The Morgan fingerprint density at radius 2 is 2.00 bits per heavy atom.